The van der Waals surface area contributed by atoms with Gasteiger partial charge in [-0.1, -0.05) is 35.7 Å². The number of aromatic amines is 1. The second-order valence-corrected chi connectivity index (χ2v) is 7.04. The smallest absolute Gasteiger partial charge is 0.178 e. The number of fused-ring (bicyclic) bond motifs is 1. The van der Waals surface area contributed by atoms with Crippen molar-refractivity contribution < 1.29 is 0 Å². The largest absolute Gasteiger partial charge is 0.331 e. The molecule has 1 aromatic carbocycles. The molecule has 19 heavy (non-hydrogen) atoms. The molecule has 0 bridgehead atoms. The van der Waals surface area contributed by atoms with Crippen molar-refractivity contribution in [2.75, 3.05) is 0 Å². The predicted octanol–water partition coefficient (Wildman–Crippen LogP) is 5.43. The Hall–Kier alpha value is -0.610. The normalized spacial score (nSPS) is 18.2. The fourth-order valence-electron chi connectivity index (χ4n) is 3.37. The minimum Gasteiger partial charge on any atom is -0.331 e. The Balaban J connectivity index is 2.07. The molecular weight excluding hydrogens is 320 g/mol. The van der Waals surface area contributed by atoms with E-state index in [1.54, 1.807) is 0 Å². The number of benzene rings is 1. The first-order valence-corrected chi connectivity index (χ1v) is 8.22. The van der Waals surface area contributed by atoms with E-state index in [9.17, 15) is 0 Å². The van der Waals surface area contributed by atoms with Gasteiger partial charge < -0.3 is 9.55 Å². The maximum atomic E-state index is 5.52. The number of hydrogen-bond donors (Lipinski definition) is 1. The van der Waals surface area contributed by atoms with Crippen LogP contribution in [0.25, 0.3) is 11.0 Å². The Kier molecular flexibility index (Phi) is 3.56. The number of aromatic nitrogens is 2. The van der Waals surface area contributed by atoms with Crippen LogP contribution in [0.4, 0.5) is 0 Å². The summed E-state index contributed by atoms with van der Waals surface area (Å²) in [5.74, 6) is 0. The zero-order chi connectivity index (χ0) is 13.5. The van der Waals surface area contributed by atoms with E-state index in [2.05, 4.69) is 50.6 Å². The molecule has 102 valence electrons. The zero-order valence-corrected chi connectivity index (χ0v) is 13.6. The highest BCUT2D eigenvalue weighted by Crippen LogP contribution is 2.43. The molecule has 1 aliphatic carbocycles. The van der Waals surface area contributed by atoms with Crippen LogP contribution in [0.2, 0.25) is 0 Å². The molecule has 3 rings (SSSR count). The third-order valence-electron chi connectivity index (χ3n) is 4.65. The van der Waals surface area contributed by atoms with Gasteiger partial charge in [-0.15, -0.1) is 0 Å². The second kappa shape index (κ2) is 5.06. The van der Waals surface area contributed by atoms with E-state index < -0.39 is 0 Å². The third-order valence-corrected chi connectivity index (χ3v) is 5.46. The minimum absolute atomic E-state index is 0.454. The topological polar surface area (TPSA) is 20.7 Å². The summed E-state index contributed by atoms with van der Waals surface area (Å²) < 4.78 is 4.26. The standard InChI is InChI=1S/C15H19BrN2S/c1-2-15(7-3-4-8-15)10-18-13-9-11(16)5-6-12(13)17-14(18)19/h5-6,9H,2-4,7-8,10H2,1H3,(H,17,19). The van der Waals surface area contributed by atoms with Crippen LogP contribution in [0.1, 0.15) is 39.0 Å². The van der Waals surface area contributed by atoms with Crippen molar-refractivity contribution in [1.82, 2.24) is 9.55 Å². The van der Waals surface area contributed by atoms with Crippen molar-refractivity contribution in [2.24, 2.45) is 5.41 Å². The Bertz CT molecular complexity index is 650. The van der Waals surface area contributed by atoms with E-state index in [4.69, 9.17) is 12.2 Å². The number of nitrogens with one attached hydrogen (secondary N) is 1. The lowest BCUT2D eigenvalue weighted by Gasteiger charge is -2.28. The molecule has 2 nitrogen and oxygen atoms in total. The van der Waals surface area contributed by atoms with E-state index in [0.717, 1.165) is 21.3 Å². The van der Waals surface area contributed by atoms with E-state index in [1.807, 2.05) is 0 Å². The fraction of sp³-hybridized carbons (Fsp3) is 0.533. The van der Waals surface area contributed by atoms with E-state index >= 15 is 0 Å². The van der Waals surface area contributed by atoms with Gasteiger partial charge in [0.15, 0.2) is 4.77 Å². The molecule has 4 heteroatoms. The van der Waals surface area contributed by atoms with Gasteiger partial charge in [-0.05, 0) is 55.1 Å². The zero-order valence-electron chi connectivity index (χ0n) is 11.2. The van der Waals surface area contributed by atoms with E-state index in [-0.39, 0.29) is 0 Å². The van der Waals surface area contributed by atoms with Crippen LogP contribution >= 0.6 is 28.1 Å². The summed E-state index contributed by atoms with van der Waals surface area (Å²) in [6.45, 7) is 3.37. The van der Waals surface area contributed by atoms with Crippen molar-refractivity contribution >= 4 is 39.2 Å². The molecular formula is C15H19BrN2S. The SMILES string of the molecule is CCC1(Cn2c(=S)[nH]c3ccc(Br)cc32)CCCC1. The van der Waals surface area contributed by atoms with Crippen molar-refractivity contribution in [1.29, 1.82) is 0 Å². The van der Waals surface area contributed by atoms with Crippen LogP contribution in [-0.4, -0.2) is 9.55 Å². The lowest BCUT2D eigenvalue weighted by molar-refractivity contribution is 0.239. The highest BCUT2D eigenvalue weighted by atomic mass is 79.9. The van der Waals surface area contributed by atoms with Crippen LogP contribution in [0.15, 0.2) is 22.7 Å². The van der Waals surface area contributed by atoms with Gasteiger partial charge in [0, 0.05) is 11.0 Å². The lowest BCUT2D eigenvalue weighted by Crippen LogP contribution is -2.22. The van der Waals surface area contributed by atoms with Gasteiger partial charge in [0.1, 0.15) is 0 Å². The molecule has 0 aliphatic heterocycles. The van der Waals surface area contributed by atoms with Crippen molar-refractivity contribution in [3.05, 3.63) is 27.4 Å². The van der Waals surface area contributed by atoms with E-state index in [0.29, 0.717) is 5.41 Å². The average Bonchev–Trinajstić information content (AvgIpc) is 2.98. The quantitative estimate of drug-likeness (QED) is 0.739. The van der Waals surface area contributed by atoms with Crippen LogP contribution < -0.4 is 0 Å². The molecule has 0 amide bonds. The summed E-state index contributed by atoms with van der Waals surface area (Å²) in [5, 5.41) is 0. The summed E-state index contributed by atoms with van der Waals surface area (Å²) in [6, 6.07) is 6.32. The van der Waals surface area contributed by atoms with Crippen molar-refractivity contribution in [3.63, 3.8) is 0 Å². The molecule has 0 atom stereocenters. The summed E-state index contributed by atoms with van der Waals surface area (Å²) >= 11 is 9.08. The van der Waals surface area contributed by atoms with Gasteiger partial charge in [0.25, 0.3) is 0 Å². The van der Waals surface area contributed by atoms with Crippen LogP contribution in [0.3, 0.4) is 0 Å². The van der Waals surface area contributed by atoms with Gasteiger partial charge in [-0.3, -0.25) is 0 Å². The molecule has 1 saturated carbocycles. The van der Waals surface area contributed by atoms with Crippen LogP contribution in [0.5, 0.6) is 0 Å². The van der Waals surface area contributed by atoms with Crippen LogP contribution in [0, 0.1) is 10.2 Å². The Morgan fingerprint density at radius 1 is 1.37 bits per heavy atom. The van der Waals surface area contributed by atoms with Gasteiger partial charge in [0.05, 0.1) is 11.0 Å². The van der Waals surface area contributed by atoms with Crippen molar-refractivity contribution in [2.45, 2.75) is 45.6 Å². The average molecular weight is 339 g/mol. The first kappa shape index (κ1) is 13.4. The van der Waals surface area contributed by atoms with Gasteiger partial charge >= 0.3 is 0 Å². The number of imidazole rings is 1. The van der Waals surface area contributed by atoms with Gasteiger partial charge in [-0.25, -0.2) is 0 Å². The molecule has 1 aromatic heterocycles. The number of rotatable bonds is 3. The molecule has 0 unspecified atom stereocenters. The number of halogens is 1. The molecule has 0 saturated heterocycles. The summed E-state index contributed by atoms with van der Waals surface area (Å²) in [6.07, 6.45) is 6.66. The third kappa shape index (κ3) is 2.40. The molecule has 1 aliphatic rings. The summed E-state index contributed by atoms with van der Waals surface area (Å²) in [7, 11) is 0. The number of H-pyrrole nitrogens is 1. The van der Waals surface area contributed by atoms with E-state index in [1.165, 1.54) is 37.6 Å². The predicted molar refractivity (Wildman–Crippen MR) is 86.0 cm³/mol. The minimum atomic E-state index is 0.454. The van der Waals surface area contributed by atoms with Gasteiger partial charge in [0.2, 0.25) is 0 Å². The molecule has 1 N–H and O–H groups in total. The molecule has 1 fully saturated rings. The van der Waals surface area contributed by atoms with Crippen molar-refractivity contribution in [3.8, 4) is 0 Å². The number of nitrogens with zero attached hydrogens (tertiary/aromatic N) is 1. The second-order valence-electron chi connectivity index (χ2n) is 5.74. The first-order valence-electron chi connectivity index (χ1n) is 7.02. The molecule has 0 spiro atoms. The summed E-state index contributed by atoms with van der Waals surface area (Å²) in [4.78, 5) is 3.33. The first-order chi connectivity index (χ1) is 9.13. The Morgan fingerprint density at radius 3 is 2.79 bits per heavy atom. The maximum absolute atomic E-state index is 5.52. The molecule has 1 heterocycles. The fourth-order valence-corrected chi connectivity index (χ4v) is 3.99. The maximum Gasteiger partial charge on any atom is 0.178 e. The Morgan fingerprint density at radius 2 is 2.11 bits per heavy atom. The summed E-state index contributed by atoms with van der Waals surface area (Å²) in [5.41, 5.74) is 2.81. The van der Waals surface area contributed by atoms with Crippen LogP contribution in [-0.2, 0) is 6.54 Å². The highest BCUT2D eigenvalue weighted by molar-refractivity contribution is 9.10. The monoisotopic (exact) mass is 338 g/mol. The molecule has 0 radical (unpaired) electrons. The number of hydrogen-bond acceptors (Lipinski definition) is 1. The molecule has 2 aromatic rings. The Labute approximate surface area is 127 Å². The highest BCUT2D eigenvalue weighted by Gasteiger charge is 2.32. The lowest BCUT2D eigenvalue weighted by atomic mass is 9.83. The van der Waals surface area contributed by atoms with Gasteiger partial charge in [-0.2, -0.15) is 0 Å².